The van der Waals surface area contributed by atoms with Gasteiger partial charge in [-0.1, -0.05) is 44.1 Å². The molecule has 0 spiro atoms. The average Bonchev–Trinajstić information content (AvgIpc) is 2.90. The lowest BCUT2D eigenvalue weighted by Gasteiger charge is -2.38. The monoisotopic (exact) mass is 384 g/mol. The molecule has 1 aliphatic rings. The predicted octanol–water partition coefficient (Wildman–Crippen LogP) is 3.86. The number of hydrogen-bond donors (Lipinski definition) is 1. The summed E-state index contributed by atoms with van der Waals surface area (Å²) < 4.78 is 10.4. The fourth-order valence-electron chi connectivity index (χ4n) is 4.61. The van der Waals surface area contributed by atoms with E-state index >= 15 is 0 Å². The van der Waals surface area contributed by atoms with E-state index in [2.05, 4.69) is 27.4 Å². The Kier molecular flexibility index (Phi) is 7.66. The van der Waals surface area contributed by atoms with Crippen LogP contribution in [-0.4, -0.2) is 43.9 Å². The van der Waals surface area contributed by atoms with Crippen LogP contribution in [-0.2, 0) is 19.1 Å². The van der Waals surface area contributed by atoms with Gasteiger partial charge in [0.25, 0.3) is 0 Å². The number of ether oxygens (including phenoxy) is 2. The van der Waals surface area contributed by atoms with Crippen LogP contribution in [0.1, 0.15) is 54.4 Å². The standard InChI is InChI=1S/C20H36O5Si/c1-8-24-17(21)20(18(22)25-9-2)13-16(19(7,23)14-20)15(6)26(10-3,11-4)12-5/h16,23H,6,8-14H2,1-5,7H3/t16-,19-/m0/s1. The molecule has 1 rings (SSSR count). The van der Waals surface area contributed by atoms with Crippen LogP contribution in [0.15, 0.2) is 11.8 Å². The highest BCUT2D eigenvalue weighted by Gasteiger charge is 2.63. The second-order valence-corrected chi connectivity index (χ2v) is 13.0. The highest BCUT2D eigenvalue weighted by Crippen LogP contribution is 2.54. The predicted molar refractivity (Wildman–Crippen MR) is 105 cm³/mol. The molecule has 0 heterocycles. The van der Waals surface area contributed by atoms with E-state index < -0.39 is 31.0 Å². The topological polar surface area (TPSA) is 72.8 Å². The lowest BCUT2D eigenvalue weighted by atomic mass is 9.84. The normalized spacial score (nSPS) is 25.0. The van der Waals surface area contributed by atoms with Crippen molar-refractivity contribution in [1.82, 2.24) is 0 Å². The summed E-state index contributed by atoms with van der Waals surface area (Å²) in [5, 5.41) is 12.3. The smallest absolute Gasteiger partial charge is 0.323 e. The van der Waals surface area contributed by atoms with Crippen LogP contribution in [0.2, 0.25) is 18.1 Å². The van der Waals surface area contributed by atoms with E-state index in [0.717, 1.165) is 23.3 Å². The van der Waals surface area contributed by atoms with E-state index in [1.54, 1.807) is 20.8 Å². The van der Waals surface area contributed by atoms with Gasteiger partial charge in [0.05, 0.1) is 26.9 Å². The molecule has 0 saturated heterocycles. The van der Waals surface area contributed by atoms with Crippen molar-refractivity contribution >= 4 is 20.0 Å². The molecule has 0 aromatic heterocycles. The van der Waals surface area contributed by atoms with Gasteiger partial charge in [0.1, 0.15) is 0 Å². The van der Waals surface area contributed by atoms with Crippen LogP contribution in [0.4, 0.5) is 0 Å². The van der Waals surface area contributed by atoms with E-state index in [1.807, 2.05) is 0 Å². The summed E-state index contributed by atoms with van der Waals surface area (Å²) in [6, 6.07) is 3.12. The first kappa shape index (κ1) is 22.9. The van der Waals surface area contributed by atoms with Crippen molar-refractivity contribution in [3.05, 3.63) is 11.8 Å². The van der Waals surface area contributed by atoms with E-state index in [4.69, 9.17) is 9.47 Å². The lowest BCUT2D eigenvalue weighted by Crippen LogP contribution is -2.43. The summed E-state index contributed by atoms with van der Waals surface area (Å²) in [4.78, 5) is 25.5. The van der Waals surface area contributed by atoms with Crippen molar-refractivity contribution in [1.29, 1.82) is 0 Å². The average molecular weight is 385 g/mol. The fraction of sp³-hybridized carbons (Fsp3) is 0.800. The number of rotatable bonds is 9. The molecule has 150 valence electrons. The Balaban J connectivity index is 3.35. The van der Waals surface area contributed by atoms with Gasteiger partial charge < -0.3 is 14.6 Å². The molecule has 26 heavy (non-hydrogen) atoms. The third kappa shape index (κ3) is 3.91. The van der Waals surface area contributed by atoms with E-state index in [-0.39, 0.29) is 32.0 Å². The first-order valence-corrected chi connectivity index (χ1v) is 12.5. The van der Waals surface area contributed by atoms with Crippen molar-refractivity contribution < 1.29 is 24.2 Å². The van der Waals surface area contributed by atoms with Gasteiger partial charge >= 0.3 is 11.9 Å². The molecule has 1 fully saturated rings. The zero-order valence-corrected chi connectivity index (χ0v) is 18.3. The molecule has 5 nitrogen and oxygen atoms in total. The van der Waals surface area contributed by atoms with Gasteiger partial charge in [-0.15, -0.1) is 6.58 Å². The minimum absolute atomic E-state index is 0.0168. The molecule has 0 unspecified atom stereocenters. The highest BCUT2D eigenvalue weighted by molar-refractivity contribution is 6.86. The van der Waals surface area contributed by atoms with Crippen LogP contribution >= 0.6 is 0 Å². The van der Waals surface area contributed by atoms with Crippen LogP contribution in [0.5, 0.6) is 0 Å². The van der Waals surface area contributed by atoms with Crippen molar-refractivity contribution in [2.75, 3.05) is 13.2 Å². The summed E-state index contributed by atoms with van der Waals surface area (Å²) in [6.07, 6.45) is 0.230. The molecule has 0 bridgehead atoms. The molecule has 0 radical (unpaired) electrons. The van der Waals surface area contributed by atoms with Gasteiger partial charge in [-0.25, -0.2) is 0 Å². The van der Waals surface area contributed by atoms with Crippen molar-refractivity contribution in [2.45, 2.75) is 78.1 Å². The third-order valence-electron chi connectivity index (χ3n) is 6.43. The van der Waals surface area contributed by atoms with Crippen LogP contribution in [0, 0.1) is 11.3 Å². The summed E-state index contributed by atoms with van der Waals surface area (Å²) in [5.74, 6) is -1.49. The largest absolute Gasteiger partial charge is 0.465 e. The molecule has 1 saturated carbocycles. The zero-order chi connectivity index (χ0) is 20.2. The Morgan fingerprint density at radius 3 is 1.81 bits per heavy atom. The van der Waals surface area contributed by atoms with Gasteiger partial charge in [0, 0.05) is 12.3 Å². The van der Waals surface area contributed by atoms with Crippen molar-refractivity contribution in [3.63, 3.8) is 0 Å². The molecule has 2 atom stereocenters. The Morgan fingerprint density at radius 2 is 1.46 bits per heavy atom. The maximum atomic E-state index is 12.7. The Bertz CT molecular complexity index is 510. The molecular weight excluding hydrogens is 348 g/mol. The molecule has 1 N–H and O–H groups in total. The summed E-state index contributed by atoms with van der Waals surface area (Å²) >= 11 is 0. The molecule has 0 aliphatic heterocycles. The van der Waals surface area contributed by atoms with Crippen LogP contribution in [0.25, 0.3) is 0 Å². The minimum atomic E-state index is -1.80. The minimum Gasteiger partial charge on any atom is -0.465 e. The maximum Gasteiger partial charge on any atom is 0.323 e. The van der Waals surface area contributed by atoms with E-state index in [1.165, 1.54) is 0 Å². The molecular formula is C20H36O5Si. The third-order valence-corrected chi connectivity index (χ3v) is 12.2. The molecule has 1 aliphatic carbocycles. The van der Waals surface area contributed by atoms with Crippen LogP contribution < -0.4 is 0 Å². The first-order valence-electron chi connectivity index (χ1n) is 9.86. The summed E-state index contributed by atoms with van der Waals surface area (Å²) in [7, 11) is -1.80. The molecule has 6 heteroatoms. The second kappa shape index (κ2) is 8.70. The van der Waals surface area contributed by atoms with E-state index in [0.29, 0.717) is 0 Å². The quantitative estimate of drug-likeness (QED) is 0.371. The fourth-order valence-corrected chi connectivity index (χ4v) is 8.62. The SMILES string of the molecule is C=C([C@@H]1CC(C(=O)OCC)(C(=O)OCC)C[C@]1(C)O)[Si](CC)(CC)CC. The van der Waals surface area contributed by atoms with Gasteiger partial charge in [-0.05, 0) is 27.2 Å². The van der Waals surface area contributed by atoms with Gasteiger partial charge in [-0.2, -0.15) is 0 Å². The lowest BCUT2D eigenvalue weighted by molar-refractivity contribution is -0.173. The highest BCUT2D eigenvalue weighted by atomic mass is 28.3. The number of hydrogen-bond acceptors (Lipinski definition) is 5. The number of esters is 2. The maximum absolute atomic E-state index is 12.7. The van der Waals surface area contributed by atoms with Crippen LogP contribution in [0.3, 0.4) is 0 Å². The zero-order valence-electron chi connectivity index (χ0n) is 17.3. The number of carbonyl (C=O) groups excluding carboxylic acids is 2. The summed E-state index contributed by atoms with van der Waals surface area (Å²) in [5.41, 5.74) is -2.63. The van der Waals surface area contributed by atoms with Gasteiger partial charge in [0.2, 0.25) is 0 Å². The second-order valence-electron chi connectivity index (χ2n) is 7.68. The summed E-state index contributed by atoms with van der Waals surface area (Å²) in [6.45, 7) is 16.4. The number of aliphatic hydroxyl groups is 1. The Morgan fingerprint density at radius 1 is 1.04 bits per heavy atom. The molecule has 0 aromatic rings. The number of carbonyl (C=O) groups is 2. The molecule has 0 aromatic carbocycles. The Hall–Kier alpha value is -1.14. The Labute approximate surface area is 159 Å². The van der Waals surface area contributed by atoms with Crippen molar-refractivity contribution in [2.24, 2.45) is 11.3 Å². The van der Waals surface area contributed by atoms with E-state index in [9.17, 15) is 14.7 Å². The van der Waals surface area contributed by atoms with Gasteiger partial charge in [0.15, 0.2) is 5.41 Å². The van der Waals surface area contributed by atoms with Gasteiger partial charge in [-0.3, -0.25) is 9.59 Å². The first-order chi connectivity index (χ1) is 12.1. The van der Waals surface area contributed by atoms with Crippen molar-refractivity contribution in [3.8, 4) is 0 Å². The molecule has 0 amide bonds.